The first kappa shape index (κ1) is 10.5. The van der Waals surface area contributed by atoms with Crippen LogP contribution < -0.4 is 4.74 Å². The van der Waals surface area contributed by atoms with Crippen LogP contribution in [0.5, 0.6) is 5.75 Å². The van der Waals surface area contributed by atoms with Gasteiger partial charge < -0.3 is 14.9 Å². The van der Waals surface area contributed by atoms with Gasteiger partial charge in [-0.1, -0.05) is 0 Å². The van der Waals surface area contributed by atoms with Gasteiger partial charge in [0.05, 0.1) is 6.61 Å². The molecule has 0 atom stereocenters. The summed E-state index contributed by atoms with van der Waals surface area (Å²) in [6, 6.07) is 3.28. The molecule has 14 heavy (non-hydrogen) atoms. The number of aliphatic hydroxyl groups excluding tert-OH is 1. The Morgan fingerprint density at radius 3 is 2.86 bits per heavy atom. The van der Waals surface area contributed by atoms with E-state index in [4.69, 9.17) is 14.9 Å². The molecule has 0 bridgehead atoms. The van der Waals surface area contributed by atoms with E-state index >= 15 is 0 Å². The fourth-order valence-electron chi connectivity index (χ4n) is 0.982. The predicted octanol–water partition coefficient (Wildman–Crippen LogP) is 0.346. The van der Waals surface area contributed by atoms with Crippen molar-refractivity contribution >= 4 is 5.97 Å². The number of hydrogen-bond acceptors (Lipinski definition) is 4. The van der Waals surface area contributed by atoms with E-state index in [9.17, 15) is 4.79 Å². The minimum Gasteiger partial charge on any atom is -0.480 e. The molecule has 0 spiro atoms. The normalized spacial score (nSPS) is 9.86. The fraction of sp³-hybridized carbons (Fsp3) is 0.333. The van der Waals surface area contributed by atoms with Crippen molar-refractivity contribution in [1.29, 1.82) is 0 Å². The topological polar surface area (TPSA) is 79.7 Å². The molecule has 0 aliphatic carbocycles. The lowest BCUT2D eigenvalue weighted by Gasteiger charge is -2.07. The number of aliphatic hydroxyl groups is 1. The van der Waals surface area contributed by atoms with Crippen molar-refractivity contribution in [3.8, 4) is 5.75 Å². The van der Waals surface area contributed by atoms with Gasteiger partial charge in [0, 0.05) is 5.69 Å². The number of aromatic nitrogens is 1. The van der Waals surface area contributed by atoms with E-state index in [0.717, 1.165) is 5.69 Å². The molecule has 0 unspecified atom stereocenters. The lowest BCUT2D eigenvalue weighted by molar-refractivity contribution is -0.139. The van der Waals surface area contributed by atoms with Gasteiger partial charge in [0.15, 0.2) is 6.61 Å². The van der Waals surface area contributed by atoms with Gasteiger partial charge in [-0.05, 0) is 19.1 Å². The number of hydrogen-bond donors (Lipinski definition) is 2. The second-order valence-electron chi connectivity index (χ2n) is 2.74. The number of carboxylic acid groups (broad SMARTS) is 1. The van der Waals surface area contributed by atoms with Crippen LogP contribution in [0.15, 0.2) is 12.1 Å². The third-order valence-electron chi connectivity index (χ3n) is 1.57. The zero-order chi connectivity index (χ0) is 10.6. The lowest BCUT2D eigenvalue weighted by Crippen LogP contribution is -2.11. The smallest absolute Gasteiger partial charge is 0.341 e. The highest BCUT2D eigenvalue weighted by molar-refractivity contribution is 5.68. The molecule has 5 heteroatoms. The molecule has 1 aromatic heterocycles. The Bertz CT molecular complexity index is 338. The van der Waals surface area contributed by atoms with Crippen molar-refractivity contribution in [2.75, 3.05) is 6.61 Å². The molecule has 2 N–H and O–H groups in total. The van der Waals surface area contributed by atoms with E-state index in [1.807, 2.05) is 0 Å². The van der Waals surface area contributed by atoms with Gasteiger partial charge in [-0.2, -0.15) is 0 Å². The molecule has 1 aromatic rings. The Hall–Kier alpha value is -1.62. The minimum atomic E-state index is -1.06. The number of pyridine rings is 1. The third kappa shape index (κ3) is 2.70. The zero-order valence-corrected chi connectivity index (χ0v) is 7.73. The van der Waals surface area contributed by atoms with Crippen molar-refractivity contribution < 1.29 is 19.7 Å². The quantitative estimate of drug-likeness (QED) is 0.727. The standard InChI is InChI=1S/C9H11NO4/c1-6-2-3-8(7(4-11)10-6)14-5-9(12)13/h2-3,11H,4-5H2,1H3,(H,12,13). The summed E-state index contributed by atoms with van der Waals surface area (Å²) in [6.07, 6.45) is 0. The van der Waals surface area contributed by atoms with Crippen LogP contribution in [-0.4, -0.2) is 27.8 Å². The van der Waals surface area contributed by atoms with Crippen LogP contribution in [0.25, 0.3) is 0 Å². The Labute approximate surface area is 81.0 Å². The Balaban J connectivity index is 2.80. The van der Waals surface area contributed by atoms with Crippen LogP contribution in [0.4, 0.5) is 0 Å². The maximum Gasteiger partial charge on any atom is 0.341 e. The van der Waals surface area contributed by atoms with E-state index in [1.165, 1.54) is 0 Å². The van der Waals surface area contributed by atoms with Crippen LogP contribution in [0.1, 0.15) is 11.4 Å². The van der Waals surface area contributed by atoms with Gasteiger partial charge >= 0.3 is 5.97 Å². The van der Waals surface area contributed by atoms with Crippen molar-refractivity contribution in [3.63, 3.8) is 0 Å². The molecule has 0 radical (unpaired) electrons. The SMILES string of the molecule is Cc1ccc(OCC(=O)O)c(CO)n1. The average Bonchev–Trinajstić information content (AvgIpc) is 2.15. The summed E-state index contributed by atoms with van der Waals surface area (Å²) in [4.78, 5) is 14.2. The molecule has 1 rings (SSSR count). The molecule has 76 valence electrons. The van der Waals surface area contributed by atoms with Crippen LogP contribution in [0.3, 0.4) is 0 Å². The average molecular weight is 197 g/mol. The molecule has 0 aliphatic heterocycles. The van der Waals surface area contributed by atoms with E-state index in [0.29, 0.717) is 11.4 Å². The molecule has 0 saturated carbocycles. The molecule has 1 heterocycles. The summed E-state index contributed by atoms with van der Waals surface area (Å²) >= 11 is 0. The summed E-state index contributed by atoms with van der Waals surface area (Å²) in [5.74, 6) is -0.755. The van der Waals surface area contributed by atoms with E-state index in [-0.39, 0.29) is 6.61 Å². The van der Waals surface area contributed by atoms with E-state index < -0.39 is 12.6 Å². The molecule has 0 saturated heterocycles. The maximum absolute atomic E-state index is 10.2. The Kier molecular flexibility index (Phi) is 3.41. The van der Waals surface area contributed by atoms with Crippen LogP contribution in [0, 0.1) is 6.92 Å². The zero-order valence-electron chi connectivity index (χ0n) is 7.73. The number of carboxylic acids is 1. The summed E-state index contributed by atoms with van der Waals surface area (Å²) in [5, 5.41) is 17.3. The van der Waals surface area contributed by atoms with Gasteiger partial charge in [-0.15, -0.1) is 0 Å². The molecular weight excluding hydrogens is 186 g/mol. The lowest BCUT2D eigenvalue weighted by atomic mass is 10.3. The van der Waals surface area contributed by atoms with Crippen molar-refractivity contribution in [1.82, 2.24) is 4.98 Å². The van der Waals surface area contributed by atoms with Crippen LogP contribution >= 0.6 is 0 Å². The second kappa shape index (κ2) is 4.57. The summed E-state index contributed by atoms with van der Waals surface area (Å²) < 4.78 is 4.92. The molecule has 0 aromatic carbocycles. The maximum atomic E-state index is 10.2. The molecule has 5 nitrogen and oxygen atoms in total. The van der Waals surface area contributed by atoms with Crippen molar-refractivity contribution in [3.05, 3.63) is 23.5 Å². The fourth-order valence-corrected chi connectivity index (χ4v) is 0.982. The van der Waals surface area contributed by atoms with Crippen LogP contribution in [0.2, 0.25) is 0 Å². The Morgan fingerprint density at radius 1 is 1.57 bits per heavy atom. The minimum absolute atomic E-state index is 0.267. The molecular formula is C9H11NO4. The van der Waals surface area contributed by atoms with Crippen LogP contribution in [-0.2, 0) is 11.4 Å². The monoisotopic (exact) mass is 197 g/mol. The highest BCUT2D eigenvalue weighted by Crippen LogP contribution is 2.16. The van der Waals surface area contributed by atoms with Gasteiger partial charge in [0.2, 0.25) is 0 Å². The highest BCUT2D eigenvalue weighted by atomic mass is 16.5. The first-order chi connectivity index (χ1) is 6.63. The summed E-state index contributed by atoms with van der Waals surface area (Å²) in [7, 11) is 0. The first-order valence-corrected chi connectivity index (χ1v) is 4.05. The van der Waals surface area contributed by atoms with Gasteiger partial charge in [0.1, 0.15) is 11.4 Å². The number of aryl methyl sites for hydroxylation is 1. The molecule has 0 fully saturated rings. The van der Waals surface area contributed by atoms with E-state index in [2.05, 4.69) is 4.98 Å². The van der Waals surface area contributed by atoms with Gasteiger partial charge in [-0.3, -0.25) is 4.98 Å². The van der Waals surface area contributed by atoms with Crippen molar-refractivity contribution in [2.45, 2.75) is 13.5 Å². The predicted molar refractivity (Wildman–Crippen MR) is 48.0 cm³/mol. The highest BCUT2D eigenvalue weighted by Gasteiger charge is 2.06. The van der Waals surface area contributed by atoms with E-state index in [1.54, 1.807) is 19.1 Å². The molecule has 0 amide bonds. The summed E-state index contributed by atoms with van der Waals surface area (Å²) in [5.41, 5.74) is 1.10. The summed E-state index contributed by atoms with van der Waals surface area (Å²) in [6.45, 7) is 1.08. The Morgan fingerprint density at radius 2 is 2.29 bits per heavy atom. The molecule has 0 aliphatic rings. The number of nitrogens with zero attached hydrogens (tertiary/aromatic N) is 1. The number of rotatable bonds is 4. The number of carbonyl (C=O) groups is 1. The first-order valence-electron chi connectivity index (χ1n) is 4.05. The number of aliphatic carboxylic acids is 1. The van der Waals surface area contributed by atoms with Gasteiger partial charge in [-0.25, -0.2) is 4.79 Å². The number of ether oxygens (including phenoxy) is 1. The van der Waals surface area contributed by atoms with Crippen molar-refractivity contribution in [2.24, 2.45) is 0 Å². The third-order valence-corrected chi connectivity index (χ3v) is 1.57. The second-order valence-corrected chi connectivity index (χ2v) is 2.74. The largest absolute Gasteiger partial charge is 0.480 e. The van der Waals surface area contributed by atoms with Gasteiger partial charge in [0.25, 0.3) is 0 Å².